The molecule has 0 spiro atoms. The Morgan fingerprint density at radius 1 is 0.452 bits per heavy atom. The summed E-state index contributed by atoms with van der Waals surface area (Å²) < 4.78 is 0. The SMILES string of the molecule is CC(C)(C)c1ccc(C(C)(C)C)c(O)c1.CC(C)(C)c1ccc(C(C)(C)C)c(O)c1.[Zr]. The summed E-state index contributed by atoms with van der Waals surface area (Å²) in [6, 6.07) is 12.1. The van der Waals surface area contributed by atoms with Gasteiger partial charge in [0.1, 0.15) is 11.5 Å². The molecule has 0 fully saturated rings. The van der Waals surface area contributed by atoms with E-state index in [-0.39, 0.29) is 47.9 Å². The Labute approximate surface area is 210 Å². The van der Waals surface area contributed by atoms with Crippen molar-refractivity contribution in [2.75, 3.05) is 0 Å². The van der Waals surface area contributed by atoms with Gasteiger partial charge in [-0.05, 0) is 56.0 Å². The van der Waals surface area contributed by atoms with Gasteiger partial charge in [0.25, 0.3) is 0 Å². The molecule has 0 aliphatic carbocycles. The van der Waals surface area contributed by atoms with Crippen LogP contribution in [0.25, 0.3) is 0 Å². The molecule has 0 saturated heterocycles. The van der Waals surface area contributed by atoms with Crippen LogP contribution in [0.5, 0.6) is 11.5 Å². The molecule has 0 unspecified atom stereocenters. The van der Waals surface area contributed by atoms with E-state index in [4.69, 9.17) is 0 Å². The second-order valence-corrected chi connectivity index (χ2v) is 12.5. The van der Waals surface area contributed by atoms with E-state index in [1.807, 2.05) is 24.3 Å². The van der Waals surface area contributed by atoms with Crippen LogP contribution in [0.4, 0.5) is 0 Å². The third-order valence-corrected chi connectivity index (χ3v) is 5.34. The minimum Gasteiger partial charge on any atom is -0.508 e. The minimum atomic E-state index is 0. The van der Waals surface area contributed by atoms with Crippen molar-refractivity contribution in [3.05, 3.63) is 58.7 Å². The van der Waals surface area contributed by atoms with Crippen LogP contribution in [0.15, 0.2) is 36.4 Å². The number of benzene rings is 2. The Kier molecular flexibility index (Phi) is 9.89. The molecule has 0 aliphatic rings. The zero-order valence-electron chi connectivity index (χ0n) is 21.9. The van der Waals surface area contributed by atoms with Crippen molar-refractivity contribution in [3.8, 4) is 11.5 Å². The van der Waals surface area contributed by atoms with Gasteiger partial charge in [0, 0.05) is 26.2 Å². The molecule has 2 aromatic carbocycles. The quantitative estimate of drug-likeness (QED) is 0.383. The van der Waals surface area contributed by atoms with E-state index in [9.17, 15) is 10.2 Å². The summed E-state index contributed by atoms with van der Waals surface area (Å²) >= 11 is 0. The van der Waals surface area contributed by atoms with Crippen molar-refractivity contribution in [1.29, 1.82) is 0 Å². The van der Waals surface area contributed by atoms with E-state index >= 15 is 0 Å². The van der Waals surface area contributed by atoms with Crippen LogP contribution in [-0.4, -0.2) is 10.2 Å². The van der Waals surface area contributed by atoms with Crippen molar-refractivity contribution in [1.82, 2.24) is 0 Å². The molecule has 172 valence electrons. The molecule has 2 nitrogen and oxygen atoms in total. The predicted octanol–water partition coefficient (Wildman–Crippen LogP) is 7.97. The fraction of sp³-hybridized carbons (Fsp3) is 0.571. The molecule has 0 amide bonds. The Morgan fingerprint density at radius 3 is 0.871 bits per heavy atom. The van der Waals surface area contributed by atoms with Crippen molar-refractivity contribution < 1.29 is 36.4 Å². The standard InChI is InChI=1S/2C14H22O.Zr/c2*1-13(2,3)10-7-8-11(12(15)9-10)14(4,5)6;/h2*7-9,15H,1-6H3;. The molecular weight excluding hydrogens is 460 g/mol. The van der Waals surface area contributed by atoms with Crippen LogP contribution in [-0.2, 0) is 47.9 Å². The first-order valence-corrected chi connectivity index (χ1v) is 10.9. The first-order chi connectivity index (χ1) is 13.2. The summed E-state index contributed by atoms with van der Waals surface area (Å²) in [7, 11) is 0. The van der Waals surface area contributed by atoms with Gasteiger partial charge in [-0.25, -0.2) is 0 Å². The van der Waals surface area contributed by atoms with Crippen molar-refractivity contribution >= 4 is 0 Å². The molecule has 0 atom stereocenters. The fourth-order valence-corrected chi connectivity index (χ4v) is 3.26. The second kappa shape index (κ2) is 10.2. The number of hydrogen-bond acceptors (Lipinski definition) is 2. The van der Waals surface area contributed by atoms with Gasteiger partial charge in [0.15, 0.2) is 0 Å². The molecule has 0 aromatic heterocycles. The Hall–Kier alpha value is -1.08. The first kappa shape index (κ1) is 29.9. The van der Waals surface area contributed by atoms with Gasteiger partial charge in [0.2, 0.25) is 0 Å². The van der Waals surface area contributed by atoms with Crippen LogP contribution in [0.2, 0.25) is 0 Å². The number of hydrogen-bond donors (Lipinski definition) is 2. The van der Waals surface area contributed by atoms with Crippen molar-refractivity contribution in [2.45, 2.75) is 105 Å². The Bertz CT molecular complexity index is 781. The van der Waals surface area contributed by atoms with Gasteiger partial charge in [-0.1, -0.05) is 107 Å². The average molecular weight is 504 g/mol. The van der Waals surface area contributed by atoms with E-state index in [0.29, 0.717) is 11.5 Å². The van der Waals surface area contributed by atoms with Gasteiger partial charge < -0.3 is 10.2 Å². The van der Waals surface area contributed by atoms with Crippen LogP contribution >= 0.6 is 0 Å². The maximum absolute atomic E-state index is 9.99. The van der Waals surface area contributed by atoms with Crippen LogP contribution in [0.1, 0.15) is 105 Å². The van der Waals surface area contributed by atoms with E-state index in [1.54, 1.807) is 0 Å². The van der Waals surface area contributed by atoms with Crippen LogP contribution < -0.4 is 0 Å². The largest absolute Gasteiger partial charge is 0.508 e. The Balaban J connectivity index is 0.000000562. The van der Waals surface area contributed by atoms with Gasteiger partial charge >= 0.3 is 0 Å². The maximum Gasteiger partial charge on any atom is 0.119 e. The van der Waals surface area contributed by atoms with Gasteiger partial charge in [-0.3, -0.25) is 0 Å². The summed E-state index contributed by atoms with van der Waals surface area (Å²) in [5.74, 6) is 0.824. The molecule has 0 bridgehead atoms. The normalized spacial score (nSPS) is 12.5. The number of phenols is 2. The summed E-state index contributed by atoms with van der Waals surface area (Å²) in [4.78, 5) is 0. The number of rotatable bonds is 0. The molecule has 0 saturated carbocycles. The third-order valence-electron chi connectivity index (χ3n) is 5.34. The molecule has 3 heteroatoms. The number of aromatic hydroxyl groups is 2. The van der Waals surface area contributed by atoms with Crippen LogP contribution in [0.3, 0.4) is 0 Å². The van der Waals surface area contributed by atoms with Gasteiger partial charge in [-0.15, -0.1) is 0 Å². The first-order valence-electron chi connectivity index (χ1n) is 10.9. The van der Waals surface area contributed by atoms with Gasteiger partial charge in [0.05, 0.1) is 0 Å². The van der Waals surface area contributed by atoms with Crippen molar-refractivity contribution in [3.63, 3.8) is 0 Å². The zero-order chi connectivity index (χ0) is 23.7. The van der Waals surface area contributed by atoms with Crippen molar-refractivity contribution in [2.24, 2.45) is 0 Å². The molecule has 0 radical (unpaired) electrons. The van der Waals surface area contributed by atoms with E-state index in [2.05, 4.69) is 95.2 Å². The molecule has 0 heterocycles. The predicted molar refractivity (Wildman–Crippen MR) is 131 cm³/mol. The molecule has 2 aromatic rings. The molecule has 31 heavy (non-hydrogen) atoms. The van der Waals surface area contributed by atoms with E-state index in [0.717, 1.165) is 11.1 Å². The van der Waals surface area contributed by atoms with E-state index < -0.39 is 0 Å². The fourth-order valence-electron chi connectivity index (χ4n) is 3.26. The topological polar surface area (TPSA) is 40.5 Å². The van der Waals surface area contributed by atoms with Gasteiger partial charge in [-0.2, -0.15) is 0 Å². The summed E-state index contributed by atoms with van der Waals surface area (Å²) in [6.45, 7) is 25.6. The summed E-state index contributed by atoms with van der Waals surface area (Å²) in [5, 5.41) is 20.0. The van der Waals surface area contributed by atoms with Crippen LogP contribution in [0, 0.1) is 0 Å². The Morgan fingerprint density at radius 2 is 0.710 bits per heavy atom. The molecular formula is C28H44O2Zr. The second-order valence-electron chi connectivity index (χ2n) is 12.5. The monoisotopic (exact) mass is 502 g/mol. The minimum absolute atomic E-state index is 0. The summed E-state index contributed by atoms with van der Waals surface area (Å²) in [5.41, 5.74) is 4.55. The summed E-state index contributed by atoms with van der Waals surface area (Å²) in [6.07, 6.45) is 0. The maximum atomic E-state index is 9.99. The molecule has 2 N–H and O–H groups in total. The molecule has 2 rings (SSSR count). The zero-order valence-corrected chi connectivity index (χ0v) is 24.3. The smallest absolute Gasteiger partial charge is 0.119 e. The average Bonchev–Trinajstić information content (AvgIpc) is 2.51. The van der Waals surface area contributed by atoms with E-state index in [1.165, 1.54) is 11.1 Å². The molecule has 0 aliphatic heterocycles. The number of phenolic OH excluding ortho intramolecular Hbond substituents is 2. The third kappa shape index (κ3) is 8.76.